The number of carbonyl (C=O) groups excluding carboxylic acids is 7. The molecule has 0 bridgehead atoms. The average molecular weight is 836 g/mol. The second-order valence-corrected chi connectivity index (χ2v) is 13.2. The molecule has 18 heteroatoms. The van der Waals surface area contributed by atoms with Gasteiger partial charge in [0, 0.05) is 49.8 Å². The number of amides is 7. The van der Waals surface area contributed by atoms with Gasteiger partial charge in [-0.3, -0.25) is 38.5 Å². The molecule has 0 fully saturated rings. The van der Waals surface area contributed by atoms with E-state index in [9.17, 15) is 33.6 Å². The molecule has 7 amide bonds. The molecule has 326 valence electrons. The van der Waals surface area contributed by atoms with Gasteiger partial charge in [0.1, 0.15) is 6.04 Å². The zero-order valence-electron chi connectivity index (χ0n) is 34.1. The van der Waals surface area contributed by atoms with Crippen molar-refractivity contribution in [1.29, 1.82) is 0 Å². The molecule has 6 N–H and O–H groups in total. The lowest BCUT2D eigenvalue weighted by Gasteiger charge is -2.19. The van der Waals surface area contributed by atoms with E-state index in [2.05, 4.69) is 38.5 Å². The molecule has 0 spiro atoms. The topological polar surface area (TPSA) is 232 Å². The first-order chi connectivity index (χ1) is 29.0. The second kappa shape index (κ2) is 28.5. The second-order valence-electron chi connectivity index (χ2n) is 13.2. The molecule has 60 heavy (non-hydrogen) atoms. The minimum atomic E-state index is -0.986. The highest BCUT2D eigenvalue weighted by Crippen LogP contribution is 2.24. The third-order valence-corrected chi connectivity index (χ3v) is 8.54. The standard InChI is InChI=1S/C42H57N7O11/c1-3-43-38(52)29-47-42(56)35(27-33-7-5-4-6-8-33)48-40(54)30-46-39(53)28-45-37(51)17-19-57-21-23-59-25-26-60-24-22-58-20-18-44-36(50)15-12-32-10-13-34(14-11-32)49-31(2)9-16-41(49)55/h4-11,13-14,16,35H,2-3,12,15,17-30H2,1H3,(H,43,52)(H,44,50)(H,45,51)(H,46,53)(H,47,56)(H,48,54). The van der Waals surface area contributed by atoms with Gasteiger partial charge >= 0.3 is 0 Å². The predicted octanol–water partition coefficient (Wildman–Crippen LogP) is -0.179. The lowest BCUT2D eigenvalue weighted by molar-refractivity contribution is -0.131. The Morgan fingerprint density at radius 2 is 1.17 bits per heavy atom. The fourth-order valence-corrected chi connectivity index (χ4v) is 5.46. The van der Waals surface area contributed by atoms with E-state index >= 15 is 0 Å². The van der Waals surface area contributed by atoms with Crippen LogP contribution in [0.1, 0.15) is 30.9 Å². The molecule has 1 atom stereocenters. The minimum absolute atomic E-state index is 0.0149. The van der Waals surface area contributed by atoms with Gasteiger partial charge in [0.2, 0.25) is 35.4 Å². The lowest BCUT2D eigenvalue weighted by atomic mass is 10.1. The van der Waals surface area contributed by atoms with Crippen LogP contribution in [0.3, 0.4) is 0 Å². The summed E-state index contributed by atoms with van der Waals surface area (Å²) in [4.78, 5) is 87.0. The average Bonchev–Trinajstić information content (AvgIpc) is 3.58. The summed E-state index contributed by atoms with van der Waals surface area (Å²) in [6.45, 7) is 7.85. The van der Waals surface area contributed by atoms with Gasteiger partial charge in [-0.1, -0.05) is 49.0 Å². The number of anilines is 1. The number of likely N-dealkylation sites (N-methyl/N-ethyl adjacent to an activating group) is 1. The Morgan fingerprint density at radius 3 is 1.80 bits per heavy atom. The van der Waals surface area contributed by atoms with Crippen LogP contribution >= 0.6 is 0 Å². The highest BCUT2D eigenvalue weighted by Gasteiger charge is 2.23. The SMILES string of the molecule is C=C1C=CC(=O)N1c1ccc(CCC(=O)NCCOCCOCCOCCOCCC(=O)NCC(=O)NCC(=O)NC(Cc2ccccc2)C(=O)NCC(=O)NCC)cc1. The van der Waals surface area contributed by atoms with Crippen molar-refractivity contribution in [2.45, 2.75) is 38.6 Å². The monoisotopic (exact) mass is 835 g/mol. The van der Waals surface area contributed by atoms with E-state index in [0.29, 0.717) is 71.3 Å². The minimum Gasteiger partial charge on any atom is -0.379 e. The van der Waals surface area contributed by atoms with Crippen molar-refractivity contribution in [3.63, 3.8) is 0 Å². The number of hydrogen-bond acceptors (Lipinski definition) is 11. The molecule has 2 aromatic carbocycles. The van der Waals surface area contributed by atoms with E-state index in [1.807, 2.05) is 30.3 Å². The first kappa shape index (κ1) is 48.4. The molecule has 2 aromatic rings. The fourth-order valence-electron chi connectivity index (χ4n) is 5.46. The Hall–Kier alpha value is -5.95. The van der Waals surface area contributed by atoms with Gasteiger partial charge in [-0.15, -0.1) is 0 Å². The maximum atomic E-state index is 12.8. The number of nitrogens with zero attached hydrogens (tertiary/aromatic N) is 1. The molecular formula is C42H57N7O11. The van der Waals surface area contributed by atoms with Gasteiger partial charge in [-0.2, -0.15) is 0 Å². The zero-order chi connectivity index (χ0) is 43.4. The Bertz CT molecular complexity index is 1720. The molecule has 18 nitrogen and oxygen atoms in total. The van der Waals surface area contributed by atoms with E-state index in [4.69, 9.17) is 18.9 Å². The molecule has 3 rings (SSSR count). The van der Waals surface area contributed by atoms with Crippen LogP contribution in [0, 0.1) is 0 Å². The number of ether oxygens (including phenoxy) is 4. The molecule has 1 aliphatic heterocycles. The lowest BCUT2D eigenvalue weighted by Crippen LogP contribution is -2.52. The van der Waals surface area contributed by atoms with E-state index in [1.54, 1.807) is 37.3 Å². The van der Waals surface area contributed by atoms with E-state index < -0.39 is 36.2 Å². The van der Waals surface area contributed by atoms with Crippen LogP contribution in [0.15, 0.2) is 79.0 Å². The zero-order valence-corrected chi connectivity index (χ0v) is 34.1. The molecular weight excluding hydrogens is 778 g/mol. The van der Waals surface area contributed by atoms with Gasteiger partial charge in [0.05, 0.1) is 72.5 Å². The summed E-state index contributed by atoms with van der Waals surface area (Å²) < 4.78 is 21.8. The van der Waals surface area contributed by atoms with Gasteiger partial charge in [0.25, 0.3) is 5.91 Å². The predicted molar refractivity (Wildman–Crippen MR) is 221 cm³/mol. The van der Waals surface area contributed by atoms with E-state index in [0.717, 1.165) is 16.8 Å². The number of aryl methyl sites for hydroxylation is 1. The van der Waals surface area contributed by atoms with Gasteiger partial charge in [0.15, 0.2) is 0 Å². The quantitative estimate of drug-likeness (QED) is 0.0566. The van der Waals surface area contributed by atoms with E-state index in [-0.39, 0.29) is 56.9 Å². The van der Waals surface area contributed by atoms with Gasteiger partial charge in [-0.25, -0.2) is 0 Å². The number of rotatable bonds is 30. The van der Waals surface area contributed by atoms with Crippen molar-refractivity contribution in [1.82, 2.24) is 31.9 Å². The van der Waals surface area contributed by atoms with Crippen LogP contribution in [0.25, 0.3) is 0 Å². The number of carbonyl (C=O) groups is 7. The maximum absolute atomic E-state index is 12.8. The highest BCUT2D eigenvalue weighted by molar-refractivity contribution is 6.07. The molecule has 0 aliphatic carbocycles. The summed E-state index contributed by atoms with van der Waals surface area (Å²) in [5.74, 6) is -2.75. The number of allylic oxidation sites excluding steroid dienone is 1. The van der Waals surface area contributed by atoms with Crippen LogP contribution in [0.4, 0.5) is 5.69 Å². The van der Waals surface area contributed by atoms with Crippen molar-refractivity contribution in [2.75, 3.05) is 90.5 Å². The number of hydrogen-bond donors (Lipinski definition) is 6. The van der Waals surface area contributed by atoms with Crippen molar-refractivity contribution >= 4 is 47.0 Å². The normalized spacial score (nSPS) is 12.4. The highest BCUT2D eigenvalue weighted by atomic mass is 16.6. The first-order valence-electron chi connectivity index (χ1n) is 19.8. The number of benzene rings is 2. The Labute approximate surface area is 350 Å². The van der Waals surface area contributed by atoms with Crippen molar-refractivity contribution in [3.05, 3.63) is 90.2 Å². The molecule has 0 aromatic heterocycles. The smallest absolute Gasteiger partial charge is 0.255 e. The Morgan fingerprint density at radius 1 is 0.600 bits per heavy atom. The summed E-state index contributed by atoms with van der Waals surface area (Å²) in [5.41, 5.74) is 3.13. The van der Waals surface area contributed by atoms with Gasteiger partial charge < -0.3 is 50.8 Å². The summed E-state index contributed by atoms with van der Waals surface area (Å²) in [5, 5.41) is 15.4. The van der Waals surface area contributed by atoms with Crippen molar-refractivity contribution in [3.8, 4) is 0 Å². The van der Waals surface area contributed by atoms with E-state index in [1.165, 1.54) is 11.0 Å². The van der Waals surface area contributed by atoms with Crippen LogP contribution in [0.5, 0.6) is 0 Å². The number of nitrogens with one attached hydrogen (secondary N) is 6. The molecule has 1 aliphatic rings. The summed E-state index contributed by atoms with van der Waals surface area (Å²) in [7, 11) is 0. The largest absolute Gasteiger partial charge is 0.379 e. The third kappa shape index (κ3) is 20.1. The molecule has 1 unspecified atom stereocenters. The van der Waals surface area contributed by atoms with Crippen LogP contribution < -0.4 is 36.8 Å². The summed E-state index contributed by atoms with van der Waals surface area (Å²) in [6, 6.07) is 15.5. The maximum Gasteiger partial charge on any atom is 0.255 e. The molecule has 0 radical (unpaired) electrons. The van der Waals surface area contributed by atoms with Gasteiger partial charge in [-0.05, 0) is 42.7 Å². The molecule has 0 saturated carbocycles. The van der Waals surface area contributed by atoms with Crippen molar-refractivity contribution in [2.24, 2.45) is 0 Å². The van der Waals surface area contributed by atoms with Crippen LogP contribution in [-0.2, 0) is 65.4 Å². The Balaban J connectivity index is 1.10. The van der Waals surface area contributed by atoms with Crippen molar-refractivity contribution < 1.29 is 52.5 Å². The fraction of sp³-hybridized carbons (Fsp3) is 0.452. The summed E-state index contributed by atoms with van der Waals surface area (Å²) >= 11 is 0. The first-order valence-corrected chi connectivity index (χ1v) is 19.8. The molecule has 1 heterocycles. The summed E-state index contributed by atoms with van der Waals surface area (Å²) in [6.07, 6.45) is 4.24. The van der Waals surface area contributed by atoms with Crippen LogP contribution in [-0.4, -0.2) is 133 Å². The third-order valence-electron chi connectivity index (χ3n) is 8.54. The molecule has 0 saturated heterocycles. The Kier molecular flexibility index (Phi) is 23.0. The van der Waals surface area contributed by atoms with Crippen LogP contribution in [0.2, 0.25) is 0 Å².